The predicted octanol–water partition coefficient (Wildman–Crippen LogP) is 15.9. The minimum absolute atomic E-state index is 0.109. The van der Waals surface area contributed by atoms with Gasteiger partial charge in [0.2, 0.25) is 0 Å². The first-order valence-electron chi connectivity index (χ1n) is 20.7. The number of anilines is 3. The van der Waals surface area contributed by atoms with E-state index in [0.29, 0.717) is 5.92 Å². The molecule has 0 N–H and O–H groups in total. The van der Waals surface area contributed by atoms with Gasteiger partial charge in [-0.05, 0) is 128 Å². The van der Waals surface area contributed by atoms with Gasteiger partial charge in [-0.25, -0.2) is 0 Å². The first kappa shape index (κ1) is 33.9. The molecule has 0 bridgehead atoms. The van der Waals surface area contributed by atoms with Crippen LogP contribution in [0.5, 0.6) is 0 Å². The molecule has 0 saturated heterocycles. The molecule has 0 aliphatic heterocycles. The summed E-state index contributed by atoms with van der Waals surface area (Å²) in [6, 6.07) is 62.8. The number of nitrogens with zero attached hydrogens (tertiary/aromatic N) is 1. The first-order valence-corrected chi connectivity index (χ1v) is 20.7. The summed E-state index contributed by atoms with van der Waals surface area (Å²) in [5, 5.41) is 5.01. The molecule has 2 aliphatic carbocycles. The quantitative estimate of drug-likeness (QED) is 0.169. The molecular formula is C55H45NO. The zero-order valence-electron chi connectivity index (χ0n) is 32.6. The van der Waals surface area contributed by atoms with Crippen molar-refractivity contribution >= 4 is 49.8 Å². The Kier molecular flexibility index (Phi) is 7.96. The standard InChI is InChI=1S/C55H45NO/c1-55(2)49-24-10-9-20-46(49)47-32-30-42(35-50(47)55)56(41-31-33-51-48(34-41)54-45(23-13-25-52(54)57-51)37-16-7-4-8-17-37)40-28-26-38(27-29-40)44-22-12-19-39-18-11-21-43(53(39)44)36-14-5-3-6-15-36/h3,5-6,9-15,18-35,37H,4,7-8,16-17H2,1-2H3. The van der Waals surface area contributed by atoms with Crippen molar-refractivity contribution in [2.75, 3.05) is 4.90 Å². The van der Waals surface area contributed by atoms with Gasteiger partial charge in [0.1, 0.15) is 11.2 Å². The zero-order valence-corrected chi connectivity index (χ0v) is 32.6. The summed E-state index contributed by atoms with van der Waals surface area (Å²) in [6.07, 6.45) is 6.45. The first-order chi connectivity index (χ1) is 28.0. The largest absolute Gasteiger partial charge is 0.456 e. The van der Waals surface area contributed by atoms with Gasteiger partial charge in [-0.3, -0.25) is 0 Å². The Labute approximate surface area is 335 Å². The van der Waals surface area contributed by atoms with E-state index in [1.165, 1.54) is 104 Å². The van der Waals surface area contributed by atoms with Gasteiger partial charge in [0.05, 0.1) is 0 Å². The minimum Gasteiger partial charge on any atom is -0.456 e. The van der Waals surface area contributed by atoms with Gasteiger partial charge in [0.15, 0.2) is 0 Å². The van der Waals surface area contributed by atoms with Crippen LogP contribution in [0.4, 0.5) is 17.1 Å². The van der Waals surface area contributed by atoms with Gasteiger partial charge in [-0.15, -0.1) is 0 Å². The van der Waals surface area contributed by atoms with Crippen LogP contribution in [0.15, 0.2) is 174 Å². The fourth-order valence-electron chi connectivity index (χ4n) is 10.2. The Balaban J connectivity index is 1.08. The summed E-state index contributed by atoms with van der Waals surface area (Å²) in [5.41, 5.74) is 17.0. The Morgan fingerprint density at radius 3 is 1.89 bits per heavy atom. The van der Waals surface area contributed by atoms with Crippen molar-refractivity contribution in [3.05, 3.63) is 187 Å². The van der Waals surface area contributed by atoms with E-state index in [0.717, 1.165) is 28.2 Å². The Morgan fingerprint density at radius 2 is 1.11 bits per heavy atom. The van der Waals surface area contributed by atoms with Crippen molar-refractivity contribution in [1.82, 2.24) is 0 Å². The van der Waals surface area contributed by atoms with Crippen molar-refractivity contribution in [1.29, 1.82) is 0 Å². The number of hydrogen-bond donors (Lipinski definition) is 0. The van der Waals surface area contributed by atoms with Crippen LogP contribution in [0.2, 0.25) is 0 Å². The number of hydrogen-bond acceptors (Lipinski definition) is 2. The van der Waals surface area contributed by atoms with Crippen LogP contribution < -0.4 is 4.90 Å². The molecule has 57 heavy (non-hydrogen) atoms. The lowest BCUT2D eigenvalue weighted by Crippen LogP contribution is -2.16. The molecule has 0 atom stereocenters. The Morgan fingerprint density at radius 1 is 0.474 bits per heavy atom. The molecule has 1 saturated carbocycles. The predicted molar refractivity (Wildman–Crippen MR) is 240 cm³/mol. The fraction of sp³-hybridized carbons (Fsp3) is 0.164. The van der Waals surface area contributed by atoms with E-state index in [-0.39, 0.29) is 5.41 Å². The Bertz CT molecular complexity index is 2960. The van der Waals surface area contributed by atoms with Crippen molar-refractivity contribution in [3.63, 3.8) is 0 Å². The van der Waals surface area contributed by atoms with Gasteiger partial charge in [-0.1, -0.05) is 154 Å². The molecule has 1 fully saturated rings. The summed E-state index contributed by atoms with van der Waals surface area (Å²) in [6.45, 7) is 4.73. The lowest BCUT2D eigenvalue weighted by atomic mass is 9.82. The monoisotopic (exact) mass is 735 g/mol. The maximum absolute atomic E-state index is 6.58. The smallest absolute Gasteiger partial charge is 0.135 e. The van der Waals surface area contributed by atoms with Crippen molar-refractivity contribution in [2.45, 2.75) is 57.3 Å². The van der Waals surface area contributed by atoms with E-state index in [1.807, 2.05) is 0 Å². The highest BCUT2D eigenvalue weighted by Gasteiger charge is 2.36. The number of rotatable bonds is 6. The van der Waals surface area contributed by atoms with Gasteiger partial charge in [-0.2, -0.15) is 0 Å². The zero-order chi connectivity index (χ0) is 38.1. The van der Waals surface area contributed by atoms with Gasteiger partial charge in [0, 0.05) is 33.2 Å². The van der Waals surface area contributed by atoms with E-state index in [4.69, 9.17) is 4.42 Å². The molecule has 0 amide bonds. The van der Waals surface area contributed by atoms with Crippen molar-refractivity contribution < 1.29 is 4.42 Å². The van der Waals surface area contributed by atoms with E-state index in [1.54, 1.807) is 0 Å². The topological polar surface area (TPSA) is 16.4 Å². The molecule has 1 aromatic heterocycles. The molecule has 2 heteroatoms. The summed E-state index contributed by atoms with van der Waals surface area (Å²) in [4.78, 5) is 2.45. The van der Waals surface area contributed by atoms with Crippen LogP contribution in [-0.4, -0.2) is 0 Å². The second-order valence-corrected chi connectivity index (χ2v) is 16.7. The second-order valence-electron chi connectivity index (χ2n) is 16.7. The summed E-state index contributed by atoms with van der Waals surface area (Å²) in [7, 11) is 0. The molecule has 0 unspecified atom stereocenters. The number of fused-ring (bicyclic) bond motifs is 7. The van der Waals surface area contributed by atoms with Crippen molar-refractivity contribution in [3.8, 4) is 33.4 Å². The van der Waals surface area contributed by atoms with Crippen LogP contribution in [0, 0.1) is 0 Å². The lowest BCUT2D eigenvalue weighted by molar-refractivity contribution is 0.445. The average molecular weight is 736 g/mol. The van der Waals surface area contributed by atoms with Gasteiger partial charge < -0.3 is 9.32 Å². The Hall–Kier alpha value is -6.38. The van der Waals surface area contributed by atoms with Gasteiger partial charge in [0.25, 0.3) is 0 Å². The molecule has 9 aromatic rings. The normalized spacial score (nSPS) is 14.9. The van der Waals surface area contributed by atoms with Crippen LogP contribution in [0.1, 0.15) is 68.6 Å². The molecule has 2 aliphatic rings. The third-order valence-electron chi connectivity index (χ3n) is 13.1. The molecular weight excluding hydrogens is 691 g/mol. The SMILES string of the molecule is CC1(C)c2ccccc2-c2ccc(N(c3ccc(-c4cccc5cccc(-c6ccccc6)c45)cc3)c3ccc4oc5cccc(C6CCCCC6)c5c4c3)cc21. The molecule has 0 radical (unpaired) electrons. The number of benzene rings is 8. The van der Waals surface area contributed by atoms with E-state index < -0.39 is 0 Å². The summed E-state index contributed by atoms with van der Waals surface area (Å²) in [5.74, 6) is 0.576. The third-order valence-corrected chi connectivity index (χ3v) is 13.1. The molecule has 276 valence electrons. The molecule has 0 spiro atoms. The average Bonchev–Trinajstić information content (AvgIpc) is 3.75. The summed E-state index contributed by atoms with van der Waals surface area (Å²) >= 11 is 0. The maximum atomic E-state index is 6.58. The van der Waals surface area contributed by atoms with Crippen LogP contribution in [-0.2, 0) is 5.41 Å². The molecule has 2 nitrogen and oxygen atoms in total. The third kappa shape index (κ3) is 5.53. The van der Waals surface area contributed by atoms with Gasteiger partial charge >= 0.3 is 0 Å². The van der Waals surface area contributed by atoms with E-state index >= 15 is 0 Å². The van der Waals surface area contributed by atoms with E-state index in [9.17, 15) is 0 Å². The second kappa shape index (κ2) is 13.4. The minimum atomic E-state index is -0.109. The van der Waals surface area contributed by atoms with Crippen LogP contribution in [0.3, 0.4) is 0 Å². The maximum Gasteiger partial charge on any atom is 0.135 e. The number of furan rings is 1. The molecule has 11 rings (SSSR count). The van der Waals surface area contributed by atoms with Crippen LogP contribution in [0.25, 0.3) is 66.1 Å². The summed E-state index contributed by atoms with van der Waals surface area (Å²) < 4.78 is 6.58. The fourth-order valence-corrected chi connectivity index (χ4v) is 10.2. The lowest BCUT2D eigenvalue weighted by Gasteiger charge is -2.28. The highest BCUT2D eigenvalue weighted by atomic mass is 16.3. The molecule has 1 heterocycles. The van der Waals surface area contributed by atoms with Crippen LogP contribution >= 0.6 is 0 Å². The van der Waals surface area contributed by atoms with E-state index in [2.05, 4.69) is 189 Å². The highest BCUT2D eigenvalue weighted by molar-refractivity contribution is 6.09. The highest BCUT2D eigenvalue weighted by Crippen LogP contribution is 2.51. The molecule has 8 aromatic carbocycles. The van der Waals surface area contributed by atoms with Crippen molar-refractivity contribution in [2.24, 2.45) is 0 Å².